The highest BCUT2D eigenvalue weighted by Gasteiger charge is 2.35. The maximum Gasteiger partial charge on any atom is 0.227 e. The summed E-state index contributed by atoms with van der Waals surface area (Å²) in [5.74, 6) is 0.123. The van der Waals surface area contributed by atoms with Gasteiger partial charge in [-0.25, -0.2) is 0 Å². The van der Waals surface area contributed by atoms with Crippen molar-refractivity contribution in [3.05, 3.63) is 48.3 Å². The Balaban J connectivity index is 0.00000196. The molecule has 26 heavy (non-hydrogen) atoms. The predicted molar refractivity (Wildman–Crippen MR) is 103 cm³/mol. The molecule has 7 heteroatoms. The molecule has 2 aliphatic rings. The lowest BCUT2D eigenvalue weighted by Gasteiger charge is -2.39. The number of hydrogen-bond acceptors (Lipinski definition) is 4. The van der Waals surface area contributed by atoms with Crippen LogP contribution in [0.25, 0.3) is 0 Å². The number of fused-ring (bicyclic) bond motifs is 1. The highest BCUT2D eigenvalue weighted by molar-refractivity contribution is 5.92. The van der Waals surface area contributed by atoms with Crippen LogP contribution in [0.5, 0.6) is 0 Å². The van der Waals surface area contributed by atoms with Crippen LogP contribution < -0.4 is 10.6 Å². The summed E-state index contributed by atoms with van der Waals surface area (Å²) in [7, 11) is 0. The fraction of sp³-hybridized carbons (Fsp3) is 0.474. The average molecular weight is 377 g/mol. The maximum atomic E-state index is 12.6. The highest BCUT2D eigenvalue weighted by atomic mass is 35.5. The number of anilines is 1. The van der Waals surface area contributed by atoms with Crippen LogP contribution in [-0.4, -0.2) is 41.0 Å². The van der Waals surface area contributed by atoms with Gasteiger partial charge in [0.05, 0.1) is 31.1 Å². The van der Waals surface area contributed by atoms with Gasteiger partial charge in [-0.2, -0.15) is 5.10 Å². The molecule has 1 aliphatic carbocycles. The summed E-state index contributed by atoms with van der Waals surface area (Å²) >= 11 is 0. The number of halogens is 1. The van der Waals surface area contributed by atoms with Gasteiger partial charge >= 0.3 is 0 Å². The molecule has 1 saturated carbocycles. The first-order valence-corrected chi connectivity index (χ1v) is 9.00. The molecule has 1 aromatic carbocycles. The molecule has 1 aromatic heterocycles. The maximum absolute atomic E-state index is 12.6. The van der Waals surface area contributed by atoms with Crippen molar-refractivity contribution < 1.29 is 9.53 Å². The number of morpholine rings is 1. The van der Waals surface area contributed by atoms with Crippen LogP contribution in [0.4, 0.5) is 5.69 Å². The molecule has 2 fully saturated rings. The first-order chi connectivity index (χ1) is 12.3. The zero-order chi connectivity index (χ0) is 17.1. The van der Waals surface area contributed by atoms with E-state index in [1.165, 1.54) is 5.56 Å². The highest BCUT2D eigenvalue weighted by Crippen LogP contribution is 2.29. The molecule has 0 unspecified atom stereocenters. The number of rotatable bonds is 4. The Hall–Kier alpha value is -1.89. The van der Waals surface area contributed by atoms with Crippen LogP contribution in [0, 0.1) is 5.92 Å². The number of carbonyl (C=O) groups is 1. The third kappa shape index (κ3) is 4.44. The van der Waals surface area contributed by atoms with Crippen molar-refractivity contribution in [2.24, 2.45) is 5.92 Å². The van der Waals surface area contributed by atoms with Crippen molar-refractivity contribution in [2.75, 3.05) is 18.5 Å². The van der Waals surface area contributed by atoms with E-state index in [0.717, 1.165) is 38.1 Å². The normalized spacial score (nSPS) is 25.0. The van der Waals surface area contributed by atoms with Crippen molar-refractivity contribution >= 4 is 24.0 Å². The minimum absolute atomic E-state index is 0. The van der Waals surface area contributed by atoms with Gasteiger partial charge in [-0.3, -0.25) is 9.48 Å². The van der Waals surface area contributed by atoms with E-state index in [1.807, 2.05) is 29.1 Å². The van der Waals surface area contributed by atoms with Gasteiger partial charge in [-0.1, -0.05) is 30.3 Å². The molecule has 2 N–H and O–H groups in total. The van der Waals surface area contributed by atoms with Gasteiger partial charge in [0.15, 0.2) is 0 Å². The average Bonchev–Trinajstić information content (AvgIpc) is 3.09. The summed E-state index contributed by atoms with van der Waals surface area (Å²) < 4.78 is 7.63. The number of nitrogens with zero attached hydrogens (tertiary/aromatic N) is 2. The number of ether oxygens (including phenoxy) is 1. The molecule has 0 bridgehead atoms. The second-order valence-corrected chi connectivity index (χ2v) is 6.88. The number of benzene rings is 1. The molecule has 2 heterocycles. The van der Waals surface area contributed by atoms with Crippen LogP contribution in [0.15, 0.2) is 42.7 Å². The van der Waals surface area contributed by atoms with Crippen molar-refractivity contribution in [3.8, 4) is 0 Å². The van der Waals surface area contributed by atoms with E-state index < -0.39 is 0 Å². The molecule has 2 aromatic rings. The van der Waals surface area contributed by atoms with Gasteiger partial charge in [0.1, 0.15) is 0 Å². The minimum Gasteiger partial charge on any atom is -0.375 e. The number of aromatic nitrogens is 2. The number of hydrogen-bond donors (Lipinski definition) is 2. The zero-order valence-electron chi connectivity index (χ0n) is 14.6. The molecule has 0 radical (unpaired) electrons. The fourth-order valence-electron chi connectivity index (χ4n) is 3.78. The summed E-state index contributed by atoms with van der Waals surface area (Å²) in [5.41, 5.74) is 1.95. The summed E-state index contributed by atoms with van der Waals surface area (Å²) in [6.45, 7) is 2.35. The fourth-order valence-corrected chi connectivity index (χ4v) is 3.78. The van der Waals surface area contributed by atoms with Gasteiger partial charge in [0.25, 0.3) is 0 Å². The van der Waals surface area contributed by atoms with E-state index in [0.29, 0.717) is 12.6 Å². The molecule has 6 nitrogen and oxygen atoms in total. The topological polar surface area (TPSA) is 68.2 Å². The van der Waals surface area contributed by atoms with E-state index in [1.54, 1.807) is 6.20 Å². The van der Waals surface area contributed by atoms with E-state index in [2.05, 4.69) is 27.9 Å². The predicted octanol–water partition coefficient (Wildman–Crippen LogP) is 2.45. The molecule has 1 amide bonds. The van der Waals surface area contributed by atoms with Crippen LogP contribution in [0.1, 0.15) is 24.8 Å². The Labute approximate surface area is 159 Å². The van der Waals surface area contributed by atoms with E-state index in [9.17, 15) is 4.79 Å². The second-order valence-electron chi connectivity index (χ2n) is 6.88. The van der Waals surface area contributed by atoms with Gasteiger partial charge in [0.2, 0.25) is 5.91 Å². The van der Waals surface area contributed by atoms with Crippen molar-refractivity contribution in [3.63, 3.8) is 0 Å². The molecular formula is C19H25ClN4O2. The van der Waals surface area contributed by atoms with Gasteiger partial charge in [-0.05, 0) is 24.8 Å². The van der Waals surface area contributed by atoms with E-state index in [4.69, 9.17) is 4.74 Å². The lowest BCUT2D eigenvalue weighted by atomic mass is 9.82. The Morgan fingerprint density at radius 2 is 2.15 bits per heavy atom. The first-order valence-electron chi connectivity index (χ1n) is 9.00. The van der Waals surface area contributed by atoms with Gasteiger partial charge < -0.3 is 15.4 Å². The van der Waals surface area contributed by atoms with Crippen molar-refractivity contribution in [1.29, 1.82) is 0 Å². The largest absolute Gasteiger partial charge is 0.375 e. The minimum atomic E-state index is 0. The lowest BCUT2D eigenvalue weighted by molar-refractivity contribution is -0.123. The second kappa shape index (κ2) is 8.66. The summed E-state index contributed by atoms with van der Waals surface area (Å²) in [5, 5.41) is 10.8. The lowest BCUT2D eigenvalue weighted by Crippen LogP contribution is -2.52. The van der Waals surface area contributed by atoms with Crippen LogP contribution >= 0.6 is 12.4 Å². The van der Waals surface area contributed by atoms with Crippen molar-refractivity contribution in [1.82, 2.24) is 15.1 Å². The molecule has 1 aliphatic heterocycles. The van der Waals surface area contributed by atoms with Crippen LogP contribution in [0.2, 0.25) is 0 Å². The van der Waals surface area contributed by atoms with Crippen LogP contribution in [-0.2, 0) is 16.1 Å². The standard InChI is InChI=1S/C19H24N4O2.ClH/c24-19(15-6-7-18-17(10-15)20-8-9-25-18)22-16-11-21-23(13-16)12-14-4-2-1-3-5-14;/h1-5,11,13,15,17-18,20H,6-10,12H2,(H,22,24);1H/t15-,17+,18+;/m0./s1. The van der Waals surface area contributed by atoms with Gasteiger partial charge in [-0.15, -0.1) is 12.4 Å². The molecule has 140 valence electrons. The smallest absolute Gasteiger partial charge is 0.227 e. The first kappa shape index (κ1) is 18.9. The molecule has 0 spiro atoms. The Kier molecular flexibility index (Phi) is 6.29. The number of amides is 1. The zero-order valence-corrected chi connectivity index (χ0v) is 15.5. The summed E-state index contributed by atoms with van der Waals surface area (Å²) in [6, 6.07) is 10.5. The van der Waals surface area contributed by atoms with E-state index >= 15 is 0 Å². The van der Waals surface area contributed by atoms with Crippen molar-refractivity contribution in [2.45, 2.75) is 38.0 Å². The monoisotopic (exact) mass is 376 g/mol. The third-order valence-corrected chi connectivity index (χ3v) is 5.09. The molecule has 3 atom stereocenters. The Bertz CT molecular complexity index is 721. The Morgan fingerprint density at radius 3 is 3.00 bits per heavy atom. The molecular weight excluding hydrogens is 352 g/mol. The van der Waals surface area contributed by atoms with E-state index in [-0.39, 0.29) is 30.3 Å². The Morgan fingerprint density at radius 1 is 1.31 bits per heavy atom. The molecule has 1 saturated heterocycles. The van der Waals surface area contributed by atoms with Crippen LogP contribution in [0.3, 0.4) is 0 Å². The quantitative estimate of drug-likeness (QED) is 0.860. The molecule has 4 rings (SSSR count). The summed E-state index contributed by atoms with van der Waals surface area (Å²) in [6.07, 6.45) is 6.55. The third-order valence-electron chi connectivity index (χ3n) is 5.09. The summed E-state index contributed by atoms with van der Waals surface area (Å²) in [4.78, 5) is 12.6. The number of nitrogens with one attached hydrogen (secondary N) is 2. The SMILES string of the molecule is Cl.O=C(Nc1cnn(Cc2ccccc2)c1)[C@H]1CC[C@H]2OCCN[C@@H]2C1. The number of carbonyl (C=O) groups excluding carboxylic acids is 1. The van der Waals surface area contributed by atoms with Gasteiger partial charge in [0, 0.05) is 24.7 Å².